The van der Waals surface area contributed by atoms with Crippen LogP contribution < -0.4 is 5.32 Å². The number of phenols is 2. The van der Waals surface area contributed by atoms with Crippen molar-refractivity contribution >= 4 is 5.69 Å². The van der Waals surface area contributed by atoms with E-state index in [0.29, 0.717) is 5.56 Å². The molecule has 0 spiro atoms. The maximum Gasteiger partial charge on any atom is 0.149 e. The molecule has 3 nitrogen and oxygen atoms in total. The van der Waals surface area contributed by atoms with E-state index in [1.807, 2.05) is 0 Å². The second-order valence-electron chi connectivity index (χ2n) is 3.79. The van der Waals surface area contributed by atoms with Crippen LogP contribution in [0.15, 0.2) is 36.4 Å². The first-order chi connectivity index (χ1) is 8.56. The predicted octanol–water partition coefficient (Wildman–Crippen LogP) is 2.99. The first kappa shape index (κ1) is 12.2. The lowest BCUT2D eigenvalue weighted by atomic mass is 10.2. The highest BCUT2D eigenvalue weighted by Crippen LogP contribution is 2.24. The fourth-order valence-electron chi connectivity index (χ4n) is 1.53. The summed E-state index contributed by atoms with van der Waals surface area (Å²) >= 11 is 0. The summed E-state index contributed by atoms with van der Waals surface area (Å²) in [4.78, 5) is 0. The van der Waals surface area contributed by atoms with E-state index >= 15 is 0 Å². The molecule has 0 aliphatic heterocycles. The Balaban J connectivity index is 2.11. The van der Waals surface area contributed by atoms with E-state index in [4.69, 9.17) is 5.11 Å². The Morgan fingerprint density at radius 2 is 1.78 bits per heavy atom. The average Bonchev–Trinajstić information content (AvgIpc) is 2.30. The molecule has 2 rings (SSSR count). The Morgan fingerprint density at radius 1 is 1.00 bits per heavy atom. The van der Waals surface area contributed by atoms with Gasteiger partial charge in [-0.3, -0.25) is 0 Å². The van der Waals surface area contributed by atoms with Gasteiger partial charge in [0.25, 0.3) is 0 Å². The van der Waals surface area contributed by atoms with E-state index < -0.39 is 11.6 Å². The number of nitrogens with one attached hydrogen (secondary N) is 1. The van der Waals surface area contributed by atoms with Gasteiger partial charge in [0.1, 0.15) is 23.1 Å². The number of aromatic hydroxyl groups is 2. The van der Waals surface area contributed by atoms with Crippen molar-refractivity contribution in [1.29, 1.82) is 0 Å². The molecule has 0 heterocycles. The number of anilines is 1. The van der Waals surface area contributed by atoms with Crippen molar-refractivity contribution in [3.63, 3.8) is 0 Å². The molecule has 3 N–H and O–H groups in total. The van der Waals surface area contributed by atoms with E-state index in [0.717, 1.165) is 12.1 Å². The van der Waals surface area contributed by atoms with Gasteiger partial charge >= 0.3 is 0 Å². The Labute approximate surface area is 102 Å². The van der Waals surface area contributed by atoms with Crippen LogP contribution in [0.5, 0.6) is 11.5 Å². The van der Waals surface area contributed by atoms with Crippen LogP contribution in [0.2, 0.25) is 0 Å². The summed E-state index contributed by atoms with van der Waals surface area (Å²) in [5.74, 6) is -1.49. The van der Waals surface area contributed by atoms with Gasteiger partial charge in [0.15, 0.2) is 0 Å². The van der Waals surface area contributed by atoms with E-state index in [2.05, 4.69) is 5.32 Å². The highest BCUT2D eigenvalue weighted by Gasteiger charge is 2.05. The third-order valence-corrected chi connectivity index (χ3v) is 2.47. The van der Waals surface area contributed by atoms with Crippen LogP contribution in [0.3, 0.4) is 0 Å². The SMILES string of the molecule is Oc1ccc(CNc2ccc(F)cc2F)c(O)c1. The largest absolute Gasteiger partial charge is 0.508 e. The molecule has 0 bridgehead atoms. The number of hydrogen-bond donors (Lipinski definition) is 3. The Kier molecular flexibility index (Phi) is 3.32. The van der Waals surface area contributed by atoms with Gasteiger partial charge in [0, 0.05) is 24.2 Å². The van der Waals surface area contributed by atoms with Crippen molar-refractivity contribution in [2.24, 2.45) is 0 Å². The van der Waals surface area contributed by atoms with Crippen molar-refractivity contribution < 1.29 is 19.0 Å². The molecule has 0 saturated heterocycles. The topological polar surface area (TPSA) is 52.5 Å². The zero-order chi connectivity index (χ0) is 13.1. The molecule has 0 aliphatic carbocycles. The monoisotopic (exact) mass is 251 g/mol. The minimum atomic E-state index is -0.701. The smallest absolute Gasteiger partial charge is 0.149 e. The summed E-state index contributed by atoms with van der Waals surface area (Å²) in [6, 6.07) is 7.32. The molecule has 94 valence electrons. The third kappa shape index (κ3) is 2.68. The molecule has 0 radical (unpaired) electrons. The molecule has 0 amide bonds. The van der Waals surface area contributed by atoms with Gasteiger partial charge in [-0.1, -0.05) is 0 Å². The summed E-state index contributed by atoms with van der Waals surface area (Å²) in [6.07, 6.45) is 0. The molecular formula is C13H11F2NO2. The van der Waals surface area contributed by atoms with E-state index in [9.17, 15) is 13.9 Å². The fourth-order valence-corrected chi connectivity index (χ4v) is 1.53. The molecule has 18 heavy (non-hydrogen) atoms. The number of rotatable bonds is 3. The van der Waals surface area contributed by atoms with Crippen molar-refractivity contribution in [2.75, 3.05) is 5.32 Å². The van der Waals surface area contributed by atoms with Crippen LogP contribution in [0.4, 0.5) is 14.5 Å². The zero-order valence-corrected chi connectivity index (χ0v) is 9.32. The van der Waals surface area contributed by atoms with Crippen LogP contribution >= 0.6 is 0 Å². The van der Waals surface area contributed by atoms with Crippen molar-refractivity contribution in [1.82, 2.24) is 0 Å². The molecular weight excluding hydrogens is 240 g/mol. The van der Waals surface area contributed by atoms with Crippen molar-refractivity contribution in [2.45, 2.75) is 6.54 Å². The summed E-state index contributed by atoms with van der Waals surface area (Å²) in [5.41, 5.74) is 0.639. The number of halogens is 2. The van der Waals surface area contributed by atoms with Gasteiger partial charge in [0.05, 0.1) is 5.69 Å². The fraction of sp³-hybridized carbons (Fsp3) is 0.0769. The van der Waals surface area contributed by atoms with Gasteiger partial charge in [-0.2, -0.15) is 0 Å². The van der Waals surface area contributed by atoms with Gasteiger partial charge in [-0.25, -0.2) is 8.78 Å². The normalized spacial score (nSPS) is 10.3. The first-order valence-electron chi connectivity index (χ1n) is 5.26. The Hall–Kier alpha value is -2.30. The third-order valence-electron chi connectivity index (χ3n) is 2.47. The van der Waals surface area contributed by atoms with E-state index in [-0.39, 0.29) is 23.7 Å². The number of benzene rings is 2. The second-order valence-corrected chi connectivity index (χ2v) is 3.79. The standard InChI is InChI=1S/C13H11F2NO2/c14-9-2-4-12(11(15)5-9)16-7-8-1-3-10(17)6-13(8)18/h1-6,16-18H,7H2. The lowest BCUT2D eigenvalue weighted by Crippen LogP contribution is -2.01. The van der Waals surface area contributed by atoms with E-state index in [1.54, 1.807) is 0 Å². The molecule has 0 aromatic heterocycles. The van der Waals surface area contributed by atoms with Crippen LogP contribution in [0.1, 0.15) is 5.56 Å². The maximum absolute atomic E-state index is 13.3. The summed E-state index contributed by atoms with van der Waals surface area (Å²) in [5, 5.41) is 21.4. The van der Waals surface area contributed by atoms with Gasteiger partial charge in [-0.15, -0.1) is 0 Å². The maximum atomic E-state index is 13.3. The molecule has 2 aromatic carbocycles. The number of hydrogen-bond acceptors (Lipinski definition) is 3. The van der Waals surface area contributed by atoms with Crippen LogP contribution in [-0.4, -0.2) is 10.2 Å². The lowest BCUT2D eigenvalue weighted by molar-refractivity contribution is 0.446. The molecule has 0 saturated carbocycles. The first-order valence-corrected chi connectivity index (χ1v) is 5.26. The minimum absolute atomic E-state index is 0.0517. The molecule has 2 aromatic rings. The summed E-state index contributed by atoms with van der Waals surface area (Å²) in [6.45, 7) is 0.161. The zero-order valence-electron chi connectivity index (χ0n) is 9.32. The summed E-state index contributed by atoms with van der Waals surface area (Å²) in [7, 11) is 0. The predicted molar refractivity (Wildman–Crippen MR) is 63.5 cm³/mol. The average molecular weight is 251 g/mol. The van der Waals surface area contributed by atoms with Crippen molar-refractivity contribution in [3.05, 3.63) is 53.6 Å². The highest BCUT2D eigenvalue weighted by atomic mass is 19.1. The lowest BCUT2D eigenvalue weighted by Gasteiger charge is -2.09. The molecule has 0 fully saturated rings. The van der Waals surface area contributed by atoms with E-state index in [1.165, 1.54) is 24.3 Å². The Bertz CT molecular complexity index is 521. The van der Waals surface area contributed by atoms with Gasteiger partial charge in [-0.05, 0) is 24.3 Å². The Morgan fingerprint density at radius 3 is 2.44 bits per heavy atom. The molecule has 0 unspecified atom stereocenters. The number of phenolic OH excluding ortho intramolecular Hbond substituents is 2. The summed E-state index contributed by atoms with van der Waals surface area (Å²) < 4.78 is 26.0. The van der Waals surface area contributed by atoms with Gasteiger partial charge < -0.3 is 15.5 Å². The van der Waals surface area contributed by atoms with Crippen LogP contribution in [0, 0.1) is 11.6 Å². The van der Waals surface area contributed by atoms with Gasteiger partial charge in [0.2, 0.25) is 0 Å². The van der Waals surface area contributed by atoms with Crippen molar-refractivity contribution in [3.8, 4) is 11.5 Å². The molecule has 0 aliphatic rings. The quantitative estimate of drug-likeness (QED) is 0.786. The van der Waals surface area contributed by atoms with Crippen LogP contribution in [0.25, 0.3) is 0 Å². The minimum Gasteiger partial charge on any atom is -0.508 e. The highest BCUT2D eigenvalue weighted by molar-refractivity contribution is 5.47. The van der Waals surface area contributed by atoms with Crippen LogP contribution in [-0.2, 0) is 6.54 Å². The second kappa shape index (κ2) is 4.91. The molecule has 5 heteroatoms. The molecule has 0 atom stereocenters.